The van der Waals surface area contributed by atoms with Crippen LogP contribution in [0.2, 0.25) is 0 Å². The minimum atomic E-state index is -0.133. The van der Waals surface area contributed by atoms with Gasteiger partial charge in [0.25, 0.3) is 0 Å². The largest absolute Gasteiger partial charge is 0.358 e. The highest BCUT2D eigenvalue weighted by Crippen LogP contribution is 2.32. The Morgan fingerprint density at radius 3 is 3.00 bits per heavy atom. The van der Waals surface area contributed by atoms with Crippen molar-refractivity contribution < 1.29 is 4.29 Å². The van der Waals surface area contributed by atoms with E-state index >= 15 is 0 Å². The average molecular weight is 251 g/mol. The van der Waals surface area contributed by atoms with Gasteiger partial charge in [-0.15, -0.1) is 0 Å². The van der Waals surface area contributed by atoms with Crippen molar-refractivity contribution in [3.8, 4) is 0 Å². The van der Waals surface area contributed by atoms with Gasteiger partial charge in [0, 0.05) is 29.1 Å². The quantitative estimate of drug-likeness (QED) is 0.817. The van der Waals surface area contributed by atoms with Crippen LogP contribution in [-0.2, 0) is 10.7 Å². The highest BCUT2D eigenvalue weighted by molar-refractivity contribution is 6.07. The van der Waals surface area contributed by atoms with Crippen molar-refractivity contribution in [3.05, 3.63) is 35.5 Å². The van der Waals surface area contributed by atoms with Gasteiger partial charge in [-0.1, -0.05) is 25.1 Å². The molecule has 0 aliphatic carbocycles. The van der Waals surface area contributed by atoms with E-state index in [9.17, 15) is 0 Å². The molecule has 2 heterocycles. The molecule has 2 aromatic rings. The lowest BCUT2D eigenvalue weighted by molar-refractivity contribution is 0.158. The number of fused-ring (bicyclic) bond motifs is 3. The summed E-state index contributed by atoms with van der Waals surface area (Å²) in [5, 5.41) is 4.62. The molecule has 1 aliphatic rings. The minimum Gasteiger partial charge on any atom is -0.358 e. The number of para-hydroxylation sites is 1. The van der Waals surface area contributed by atoms with Gasteiger partial charge >= 0.3 is 0 Å². The number of benzene rings is 1. The molecule has 0 spiro atoms. The van der Waals surface area contributed by atoms with E-state index in [1.807, 2.05) is 0 Å². The van der Waals surface area contributed by atoms with Crippen molar-refractivity contribution in [2.24, 2.45) is 0 Å². The number of H-pyrrole nitrogens is 1. The number of nitrogens with one attached hydrogen (secondary N) is 2. The SMILES string of the molecule is CC1c2[nH]c3ccccc3c2CCN[C@@H]1OCl. The van der Waals surface area contributed by atoms with Crippen molar-refractivity contribution in [1.82, 2.24) is 10.3 Å². The maximum Gasteiger partial charge on any atom is 0.137 e. The molecule has 0 saturated heterocycles. The normalized spacial score (nSPS) is 24.6. The molecule has 1 aromatic heterocycles. The fraction of sp³-hybridized carbons (Fsp3) is 0.385. The van der Waals surface area contributed by atoms with E-state index in [0.717, 1.165) is 13.0 Å². The van der Waals surface area contributed by atoms with Crippen LogP contribution < -0.4 is 5.32 Å². The molecule has 3 nitrogen and oxygen atoms in total. The van der Waals surface area contributed by atoms with Gasteiger partial charge in [0.2, 0.25) is 0 Å². The third kappa shape index (κ3) is 1.75. The maximum atomic E-state index is 5.54. The number of rotatable bonds is 1. The van der Waals surface area contributed by atoms with Crippen molar-refractivity contribution in [2.45, 2.75) is 25.5 Å². The molecule has 0 radical (unpaired) electrons. The van der Waals surface area contributed by atoms with Crippen molar-refractivity contribution in [3.63, 3.8) is 0 Å². The van der Waals surface area contributed by atoms with Gasteiger partial charge in [0.05, 0.1) is 11.9 Å². The van der Waals surface area contributed by atoms with Gasteiger partial charge in [0.15, 0.2) is 0 Å². The van der Waals surface area contributed by atoms with Crippen LogP contribution in [0.15, 0.2) is 24.3 Å². The first-order valence-corrected chi connectivity index (χ1v) is 6.22. The standard InChI is InChI=1S/C13H15ClN2O/c1-8-12-10(6-7-15-13(8)17-14)9-4-2-3-5-11(9)16-12/h2-5,8,13,15-16H,6-7H2,1H3/t8?,13-/m1/s1. The first-order chi connectivity index (χ1) is 8.31. The molecule has 0 amide bonds. The zero-order valence-corrected chi connectivity index (χ0v) is 10.4. The van der Waals surface area contributed by atoms with Crippen molar-refractivity contribution in [2.75, 3.05) is 6.54 Å². The first-order valence-electron chi connectivity index (χ1n) is 5.91. The molecule has 90 valence electrons. The van der Waals surface area contributed by atoms with E-state index in [2.05, 4.69) is 41.5 Å². The fourth-order valence-corrected chi connectivity index (χ4v) is 2.87. The van der Waals surface area contributed by atoms with Crippen LogP contribution >= 0.6 is 11.9 Å². The third-order valence-electron chi connectivity index (χ3n) is 3.57. The highest BCUT2D eigenvalue weighted by atomic mass is 35.5. The molecule has 2 atom stereocenters. The number of aromatic nitrogens is 1. The molecule has 3 rings (SSSR count). The van der Waals surface area contributed by atoms with Gasteiger partial charge in [-0.2, -0.15) is 0 Å². The molecule has 0 fully saturated rings. The third-order valence-corrected chi connectivity index (χ3v) is 3.76. The first kappa shape index (κ1) is 11.1. The predicted molar refractivity (Wildman–Crippen MR) is 69.1 cm³/mol. The van der Waals surface area contributed by atoms with Gasteiger partial charge in [0.1, 0.15) is 6.23 Å². The van der Waals surface area contributed by atoms with Crippen LogP contribution in [0.5, 0.6) is 0 Å². The molecular weight excluding hydrogens is 236 g/mol. The van der Waals surface area contributed by atoms with Crippen LogP contribution in [0, 0.1) is 0 Å². The van der Waals surface area contributed by atoms with E-state index in [1.165, 1.54) is 22.2 Å². The molecule has 0 bridgehead atoms. The molecular formula is C13H15ClN2O. The van der Waals surface area contributed by atoms with E-state index in [1.54, 1.807) is 0 Å². The second-order valence-corrected chi connectivity index (χ2v) is 4.74. The Labute approximate surface area is 105 Å². The molecule has 2 N–H and O–H groups in total. The van der Waals surface area contributed by atoms with E-state index in [-0.39, 0.29) is 12.1 Å². The zero-order chi connectivity index (χ0) is 11.8. The molecule has 17 heavy (non-hydrogen) atoms. The minimum absolute atomic E-state index is 0.133. The summed E-state index contributed by atoms with van der Waals surface area (Å²) in [5.41, 5.74) is 3.82. The lowest BCUT2D eigenvalue weighted by Crippen LogP contribution is -2.33. The molecule has 1 aromatic carbocycles. The summed E-state index contributed by atoms with van der Waals surface area (Å²) in [7, 11) is 0. The smallest absolute Gasteiger partial charge is 0.137 e. The van der Waals surface area contributed by atoms with Crippen LogP contribution in [0.4, 0.5) is 0 Å². The van der Waals surface area contributed by atoms with Crippen LogP contribution in [0.1, 0.15) is 24.1 Å². The lowest BCUT2D eigenvalue weighted by atomic mass is 10.0. The second kappa shape index (κ2) is 4.33. The average Bonchev–Trinajstić information content (AvgIpc) is 2.65. The van der Waals surface area contributed by atoms with Crippen LogP contribution in [0.25, 0.3) is 10.9 Å². The number of hydrogen-bond acceptors (Lipinski definition) is 2. The molecule has 1 aliphatic heterocycles. The maximum absolute atomic E-state index is 5.54. The van der Waals surface area contributed by atoms with Crippen molar-refractivity contribution >= 4 is 22.8 Å². The summed E-state index contributed by atoms with van der Waals surface area (Å²) in [6.07, 6.45) is 0.867. The topological polar surface area (TPSA) is 37.0 Å². The summed E-state index contributed by atoms with van der Waals surface area (Å²) in [6.45, 7) is 3.01. The van der Waals surface area contributed by atoms with Gasteiger partial charge in [-0.3, -0.25) is 9.61 Å². The highest BCUT2D eigenvalue weighted by Gasteiger charge is 2.27. The Hall–Kier alpha value is -1.03. The Morgan fingerprint density at radius 2 is 2.18 bits per heavy atom. The van der Waals surface area contributed by atoms with E-state index in [4.69, 9.17) is 16.2 Å². The van der Waals surface area contributed by atoms with Gasteiger partial charge < -0.3 is 4.98 Å². The summed E-state index contributed by atoms with van der Waals surface area (Å²) in [6, 6.07) is 8.41. The Kier molecular flexibility index (Phi) is 2.82. The Balaban J connectivity index is 2.16. The zero-order valence-electron chi connectivity index (χ0n) is 9.66. The summed E-state index contributed by atoms with van der Waals surface area (Å²) >= 11 is 5.54. The Bertz CT molecular complexity index is 537. The monoisotopic (exact) mass is 250 g/mol. The summed E-state index contributed by atoms with van der Waals surface area (Å²) < 4.78 is 4.98. The van der Waals surface area contributed by atoms with E-state index < -0.39 is 0 Å². The number of hydrogen-bond donors (Lipinski definition) is 2. The summed E-state index contributed by atoms with van der Waals surface area (Å²) in [5.74, 6) is 0.220. The number of aromatic amines is 1. The predicted octanol–water partition coefficient (Wildman–Crippen LogP) is 2.91. The van der Waals surface area contributed by atoms with Crippen LogP contribution in [-0.4, -0.2) is 17.8 Å². The number of halogens is 1. The molecule has 4 heteroatoms. The summed E-state index contributed by atoms with van der Waals surface area (Å²) in [4.78, 5) is 3.49. The van der Waals surface area contributed by atoms with E-state index in [0.29, 0.717) is 0 Å². The Morgan fingerprint density at radius 1 is 1.35 bits per heavy atom. The molecule has 1 unspecified atom stereocenters. The van der Waals surface area contributed by atoms with Crippen molar-refractivity contribution in [1.29, 1.82) is 0 Å². The fourth-order valence-electron chi connectivity index (χ4n) is 2.66. The molecule has 0 saturated carbocycles. The van der Waals surface area contributed by atoms with Gasteiger partial charge in [-0.25, -0.2) is 0 Å². The van der Waals surface area contributed by atoms with Crippen LogP contribution in [0.3, 0.4) is 0 Å². The lowest BCUT2D eigenvalue weighted by Gasteiger charge is -2.18. The second-order valence-electron chi connectivity index (χ2n) is 4.57. The van der Waals surface area contributed by atoms with Gasteiger partial charge in [-0.05, 0) is 18.1 Å².